The van der Waals surface area contributed by atoms with Crippen molar-refractivity contribution in [3.63, 3.8) is 0 Å². The van der Waals surface area contributed by atoms with Crippen LogP contribution in [0.3, 0.4) is 0 Å². The average Bonchev–Trinajstić information content (AvgIpc) is 3.18. The smallest absolute Gasteiger partial charge is 0.313 e. The molecule has 0 fully saturated rings. The zero-order valence-electron chi connectivity index (χ0n) is 30.3. The Morgan fingerprint density at radius 1 is 0.370 bits per heavy atom. The minimum atomic E-state index is -2.35. The predicted molar refractivity (Wildman–Crippen MR) is 181 cm³/mol. The molecule has 308 valence electrons. The number of hydrogen-bond acceptors (Lipinski definition) is 13. The van der Waals surface area contributed by atoms with Gasteiger partial charge in [0.1, 0.15) is 0 Å². The summed E-state index contributed by atoms with van der Waals surface area (Å²) in [6, 6.07) is 9.99. The van der Waals surface area contributed by atoms with Crippen LogP contribution in [0.2, 0.25) is 0 Å². The fourth-order valence-electron chi connectivity index (χ4n) is 3.96. The highest BCUT2D eigenvalue weighted by molar-refractivity contribution is 5.72. The molecular formula is C36H51F5O13. The third kappa shape index (κ3) is 23.1. The number of benzene rings is 2. The van der Waals surface area contributed by atoms with Crippen molar-refractivity contribution in [2.24, 2.45) is 0 Å². The van der Waals surface area contributed by atoms with Gasteiger partial charge in [-0.3, -0.25) is 4.79 Å². The summed E-state index contributed by atoms with van der Waals surface area (Å²) in [7, 11) is 0. The van der Waals surface area contributed by atoms with Gasteiger partial charge in [-0.2, -0.15) is 8.78 Å². The summed E-state index contributed by atoms with van der Waals surface area (Å²) < 4.78 is 130. The third-order valence-corrected chi connectivity index (χ3v) is 6.67. The normalized spacial score (nSPS) is 11.4. The summed E-state index contributed by atoms with van der Waals surface area (Å²) in [5.74, 6) is -14.1. The molecule has 0 unspecified atom stereocenters. The third-order valence-electron chi connectivity index (χ3n) is 6.67. The van der Waals surface area contributed by atoms with Crippen LogP contribution in [-0.2, 0) is 63.5 Å². The Morgan fingerprint density at radius 2 is 0.648 bits per heavy atom. The molecule has 0 N–H and O–H groups in total. The highest BCUT2D eigenvalue weighted by Gasteiger charge is 2.28. The van der Waals surface area contributed by atoms with E-state index >= 15 is 0 Å². The molecule has 0 aliphatic rings. The molecule has 18 heteroatoms. The lowest BCUT2D eigenvalue weighted by Gasteiger charge is -2.09. The van der Waals surface area contributed by atoms with Crippen molar-refractivity contribution >= 4 is 5.97 Å². The lowest BCUT2D eigenvalue weighted by Crippen LogP contribution is -2.16. The van der Waals surface area contributed by atoms with E-state index in [1.165, 1.54) is 0 Å². The summed E-state index contributed by atoms with van der Waals surface area (Å²) in [5, 5.41) is 0. The van der Waals surface area contributed by atoms with Crippen molar-refractivity contribution in [3.8, 4) is 5.75 Å². The van der Waals surface area contributed by atoms with Gasteiger partial charge in [-0.1, -0.05) is 30.3 Å². The number of halogens is 5. The van der Waals surface area contributed by atoms with E-state index in [4.69, 9.17) is 52.1 Å². The Hall–Kier alpha value is -2.88. The second-order valence-electron chi connectivity index (χ2n) is 10.8. The van der Waals surface area contributed by atoms with Gasteiger partial charge >= 0.3 is 5.97 Å². The second kappa shape index (κ2) is 32.4. The van der Waals surface area contributed by atoms with E-state index in [-0.39, 0.29) is 26.4 Å². The Kier molecular flexibility index (Phi) is 28.3. The van der Waals surface area contributed by atoms with Crippen LogP contribution in [0.5, 0.6) is 5.75 Å². The minimum Gasteiger partial charge on any atom is -0.420 e. The first-order chi connectivity index (χ1) is 26.4. The fourth-order valence-corrected chi connectivity index (χ4v) is 3.96. The molecule has 13 nitrogen and oxygen atoms in total. The van der Waals surface area contributed by atoms with E-state index in [1.807, 2.05) is 30.3 Å². The zero-order valence-corrected chi connectivity index (χ0v) is 30.3. The average molecular weight is 787 g/mol. The van der Waals surface area contributed by atoms with E-state index in [2.05, 4.69) is 4.74 Å². The van der Waals surface area contributed by atoms with Crippen molar-refractivity contribution in [3.05, 3.63) is 65.0 Å². The number of carbonyl (C=O) groups excluding carboxylic acids is 1. The summed E-state index contributed by atoms with van der Waals surface area (Å²) in [6.45, 7) is 8.46. The molecule has 0 bridgehead atoms. The van der Waals surface area contributed by atoms with Gasteiger partial charge in [0.15, 0.2) is 0 Å². The van der Waals surface area contributed by atoms with Gasteiger partial charge in [0.25, 0.3) is 0 Å². The zero-order chi connectivity index (χ0) is 38.9. The lowest BCUT2D eigenvalue weighted by molar-refractivity contribution is -0.136. The Labute approximate surface area is 312 Å². The van der Waals surface area contributed by atoms with Crippen LogP contribution in [0, 0.1) is 29.1 Å². The van der Waals surface area contributed by atoms with Crippen LogP contribution < -0.4 is 4.74 Å². The van der Waals surface area contributed by atoms with Gasteiger partial charge in [-0.15, -0.1) is 0 Å². The van der Waals surface area contributed by atoms with Crippen LogP contribution in [0.1, 0.15) is 12.0 Å². The molecule has 2 rings (SSSR count). The molecule has 0 heterocycles. The number of hydrogen-bond donors (Lipinski definition) is 0. The molecule has 0 atom stereocenters. The first-order valence-electron chi connectivity index (χ1n) is 17.5. The molecule has 0 radical (unpaired) electrons. The van der Waals surface area contributed by atoms with Gasteiger partial charge in [0.2, 0.25) is 34.8 Å². The van der Waals surface area contributed by atoms with Crippen molar-refractivity contribution in [1.29, 1.82) is 0 Å². The molecule has 0 amide bonds. The first-order valence-corrected chi connectivity index (χ1v) is 17.5. The molecular weight excluding hydrogens is 735 g/mol. The van der Waals surface area contributed by atoms with Crippen LogP contribution in [0.4, 0.5) is 22.0 Å². The van der Waals surface area contributed by atoms with Gasteiger partial charge < -0.3 is 56.8 Å². The molecule has 2 aromatic rings. The molecule has 0 spiro atoms. The van der Waals surface area contributed by atoms with E-state index in [0.29, 0.717) is 119 Å². The molecule has 0 aliphatic heterocycles. The Balaban J connectivity index is 1.20. The van der Waals surface area contributed by atoms with Gasteiger partial charge in [0, 0.05) is 0 Å². The standard InChI is InChI=1S/C36H51F5O13/c37-31-32(38)34(40)36(35(41)33(31)39)54-30(42)6-7-43-8-9-44-10-11-45-12-13-46-14-15-47-16-17-48-18-19-49-20-21-50-22-23-51-24-25-52-26-27-53-28-29-4-2-1-3-5-29/h1-5H,6-28H2. The largest absolute Gasteiger partial charge is 0.420 e. The number of esters is 1. The summed E-state index contributed by atoms with van der Waals surface area (Å²) in [4.78, 5) is 11.7. The van der Waals surface area contributed by atoms with E-state index in [9.17, 15) is 26.7 Å². The maximum Gasteiger partial charge on any atom is 0.313 e. The van der Waals surface area contributed by atoms with Crippen molar-refractivity contribution < 1.29 is 83.6 Å². The van der Waals surface area contributed by atoms with E-state index in [1.54, 1.807) is 0 Å². The highest BCUT2D eigenvalue weighted by atomic mass is 19.2. The van der Waals surface area contributed by atoms with Crippen molar-refractivity contribution in [2.75, 3.05) is 139 Å². The minimum absolute atomic E-state index is 0.0796. The van der Waals surface area contributed by atoms with E-state index < -0.39 is 47.2 Å². The molecule has 0 saturated carbocycles. The molecule has 0 saturated heterocycles. The summed E-state index contributed by atoms with van der Waals surface area (Å²) in [5.41, 5.74) is 1.14. The van der Waals surface area contributed by atoms with E-state index in [0.717, 1.165) is 5.56 Å². The maximum atomic E-state index is 13.5. The quantitative estimate of drug-likeness (QED) is 0.0246. The number of carbonyl (C=O) groups is 1. The summed E-state index contributed by atoms with van der Waals surface area (Å²) >= 11 is 0. The maximum absolute atomic E-state index is 13.5. The lowest BCUT2D eigenvalue weighted by atomic mass is 10.2. The van der Waals surface area contributed by atoms with Crippen LogP contribution in [-0.4, -0.2) is 145 Å². The van der Waals surface area contributed by atoms with Crippen LogP contribution in [0.25, 0.3) is 0 Å². The monoisotopic (exact) mass is 786 g/mol. The molecule has 0 aliphatic carbocycles. The number of rotatable bonds is 36. The first kappa shape index (κ1) is 47.3. The van der Waals surface area contributed by atoms with Crippen molar-refractivity contribution in [1.82, 2.24) is 0 Å². The topological polar surface area (TPSA) is 128 Å². The predicted octanol–water partition coefficient (Wildman–Crippen LogP) is 4.06. The fraction of sp³-hybridized carbons (Fsp3) is 0.639. The Bertz CT molecular complexity index is 1200. The second-order valence-corrected chi connectivity index (χ2v) is 10.8. The van der Waals surface area contributed by atoms with Crippen molar-refractivity contribution in [2.45, 2.75) is 13.0 Å². The van der Waals surface area contributed by atoms with Gasteiger partial charge in [-0.25, -0.2) is 13.2 Å². The molecule has 2 aromatic carbocycles. The Morgan fingerprint density at radius 3 is 0.981 bits per heavy atom. The van der Waals surface area contributed by atoms with Gasteiger partial charge in [-0.05, 0) is 5.56 Å². The van der Waals surface area contributed by atoms with Gasteiger partial charge in [0.05, 0.1) is 152 Å². The SMILES string of the molecule is O=C(CCOCCOCCOCCOCCOCCOCCOCCOCCOCCOCCOCc1ccccc1)Oc1c(F)c(F)c(F)c(F)c1F. The molecule has 0 aromatic heterocycles. The highest BCUT2D eigenvalue weighted by Crippen LogP contribution is 2.29. The molecule has 54 heavy (non-hydrogen) atoms. The summed E-state index contributed by atoms with van der Waals surface area (Å²) in [6.07, 6.45) is -0.488. The number of ether oxygens (including phenoxy) is 12. The van der Waals surface area contributed by atoms with Crippen LogP contribution in [0.15, 0.2) is 30.3 Å². The van der Waals surface area contributed by atoms with Crippen LogP contribution >= 0.6 is 0 Å².